The molecule has 1 aliphatic rings. The third-order valence-corrected chi connectivity index (χ3v) is 12.8. The van der Waals surface area contributed by atoms with E-state index in [1.54, 1.807) is 0 Å². The van der Waals surface area contributed by atoms with Gasteiger partial charge in [-0.3, -0.25) is 9.13 Å². The normalized spacial score (nSPS) is 13.3. The number of fused-ring (bicyclic) bond motifs is 12. The van der Waals surface area contributed by atoms with Crippen LogP contribution in [-0.2, 0) is 5.41 Å². The highest BCUT2D eigenvalue weighted by molar-refractivity contribution is 6.12. The van der Waals surface area contributed by atoms with E-state index in [1.165, 1.54) is 33.2 Å². The fraction of sp³-hybridized carbons (Fsp3) is 0.0556. The molecule has 8 aromatic carbocycles. The van der Waals surface area contributed by atoms with Crippen LogP contribution in [0.1, 0.15) is 25.0 Å². The second kappa shape index (κ2) is 12.1. The maximum atomic E-state index is 6.40. The van der Waals surface area contributed by atoms with Crippen molar-refractivity contribution in [3.63, 3.8) is 0 Å². The first kappa shape index (κ1) is 33.2. The van der Waals surface area contributed by atoms with Crippen molar-refractivity contribution < 1.29 is 4.42 Å². The summed E-state index contributed by atoms with van der Waals surface area (Å²) in [7, 11) is 0. The van der Waals surface area contributed by atoms with Crippen molar-refractivity contribution in [2.75, 3.05) is 0 Å². The van der Waals surface area contributed by atoms with E-state index in [4.69, 9.17) is 19.4 Å². The Morgan fingerprint density at radius 1 is 0.383 bits per heavy atom. The molecular weight excluding hydrogens is 735 g/mol. The standard InChI is InChI=1S/C54H35N5O/c1-54(2)43-20-10-6-16-35(43)40-31-48-42(30-44(40)54)37-18-8-12-22-46(37)59(48)53-56-51(34-24-26-39-38-19-9-13-23-49(38)60-50(39)29-34)55-52(57-53)58-45-21-11-7-17-36(45)41-28-33(25-27-47(41)58)32-14-4-3-5-15-32/h3-31H,1-2H3. The average Bonchev–Trinajstić information content (AvgIpc) is 4.00. The van der Waals surface area contributed by atoms with Gasteiger partial charge in [0.2, 0.25) is 11.9 Å². The van der Waals surface area contributed by atoms with Crippen LogP contribution in [0, 0.1) is 0 Å². The van der Waals surface area contributed by atoms with Gasteiger partial charge < -0.3 is 4.42 Å². The lowest BCUT2D eigenvalue weighted by Gasteiger charge is -2.21. The molecule has 12 aromatic rings. The van der Waals surface area contributed by atoms with Gasteiger partial charge in [0.05, 0.1) is 22.1 Å². The summed E-state index contributed by atoms with van der Waals surface area (Å²) in [5, 5.41) is 6.72. The van der Waals surface area contributed by atoms with Crippen LogP contribution in [0.5, 0.6) is 0 Å². The predicted octanol–water partition coefficient (Wildman–Crippen LogP) is 13.6. The van der Waals surface area contributed by atoms with Crippen molar-refractivity contribution in [1.82, 2.24) is 24.1 Å². The minimum absolute atomic E-state index is 0.136. The highest BCUT2D eigenvalue weighted by Gasteiger charge is 2.36. The lowest BCUT2D eigenvalue weighted by molar-refractivity contribution is 0.661. The largest absolute Gasteiger partial charge is 0.456 e. The average molecular weight is 770 g/mol. The Labute approximate surface area is 344 Å². The molecule has 0 aliphatic heterocycles. The number of nitrogens with zero attached hydrogens (tertiary/aromatic N) is 5. The first-order chi connectivity index (χ1) is 29.5. The summed E-state index contributed by atoms with van der Waals surface area (Å²) in [6.07, 6.45) is 0. The van der Waals surface area contributed by atoms with Gasteiger partial charge >= 0.3 is 0 Å². The van der Waals surface area contributed by atoms with Gasteiger partial charge in [0.15, 0.2) is 5.82 Å². The first-order valence-corrected chi connectivity index (χ1v) is 20.4. The SMILES string of the molecule is CC1(C)c2ccccc2-c2cc3c(cc21)c1ccccc1n3-c1nc(-c2ccc3c(c2)oc2ccccc23)nc(-n2c3ccccc3c3cc(-c4ccccc4)ccc32)n1. The maximum absolute atomic E-state index is 6.40. The minimum Gasteiger partial charge on any atom is -0.456 e. The van der Waals surface area contributed by atoms with E-state index < -0.39 is 0 Å². The highest BCUT2D eigenvalue weighted by atomic mass is 16.3. The van der Waals surface area contributed by atoms with E-state index in [0.717, 1.165) is 71.3 Å². The molecule has 0 fully saturated rings. The second-order valence-corrected chi connectivity index (χ2v) is 16.5. The smallest absolute Gasteiger partial charge is 0.240 e. The molecule has 0 atom stereocenters. The van der Waals surface area contributed by atoms with Crippen LogP contribution in [0.25, 0.3) is 111 Å². The molecule has 4 aromatic heterocycles. The predicted molar refractivity (Wildman–Crippen MR) is 244 cm³/mol. The van der Waals surface area contributed by atoms with Crippen molar-refractivity contribution in [1.29, 1.82) is 0 Å². The molecule has 282 valence electrons. The van der Waals surface area contributed by atoms with Crippen LogP contribution in [0.4, 0.5) is 0 Å². The topological polar surface area (TPSA) is 61.7 Å². The summed E-state index contributed by atoms with van der Waals surface area (Å²) in [5.41, 5.74) is 14.0. The van der Waals surface area contributed by atoms with Crippen molar-refractivity contribution in [3.8, 4) is 45.5 Å². The Kier molecular flexibility index (Phi) is 6.69. The van der Waals surface area contributed by atoms with Gasteiger partial charge in [-0.05, 0) is 88.0 Å². The lowest BCUT2D eigenvalue weighted by atomic mass is 9.82. The van der Waals surface area contributed by atoms with Gasteiger partial charge in [-0.1, -0.05) is 135 Å². The molecule has 0 spiro atoms. The molecule has 0 radical (unpaired) electrons. The van der Waals surface area contributed by atoms with E-state index >= 15 is 0 Å². The zero-order valence-electron chi connectivity index (χ0n) is 32.9. The number of aromatic nitrogens is 5. The fourth-order valence-electron chi connectivity index (χ4n) is 9.93. The number of para-hydroxylation sites is 3. The maximum Gasteiger partial charge on any atom is 0.240 e. The number of furan rings is 1. The Morgan fingerprint density at radius 3 is 1.77 bits per heavy atom. The van der Waals surface area contributed by atoms with E-state index in [0.29, 0.717) is 17.7 Å². The minimum atomic E-state index is -0.136. The molecule has 0 saturated carbocycles. The molecule has 0 unspecified atom stereocenters. The fourth-order valence-corrected chi connectivity index (χ4v) is 9.93. The summed E-state index contributed by atoms with van der Waals surface area (Å²) in [6, 6.07) is 62.4. The molecule has 0 saturated heterocycles. The van der Waals surface area contributed by atoms with Crippen molar-refractivity contribution in [2.45, 2.75) is 19.3 Å². The summed E-state index contributed by atoms with van der Waals surface area (Å²) < 4.78 is 10.8. The second-order valence-electron chi connectivity index (χ2n) is 16.5. The van der Waals surface area contributed by atoms with Crippen molar-refractivity contribution in [3.05, 3.63) is 187 Å². The molecule has 0 N–H and O–H groups in total. The van der Waals surface area contributed by atoms with Crippen LogP contribution in [0.2, 0.25) is 0 Å². The van der Waals surface area contributed by atoms with E-state index in [-0.39, 0.29) is 5.41 Å². The summed E-state index contributed by atoms with van der Waals surface area (Å²) in [5.74, 6) is 1.64. The Morgan fingerprint density at radius 2 is 0.983 bits per heavy atom. The van der Waals surface area contributed by atoms with Gasteiger partial charge in [-0.2, -0.15) is 15.0 Å². The van der Waals surface area contributed by atoms with Gasteiger partial charge in [0.25, 0.3) is 0 Å². The number of hydrogen-bond acceptors (Lipinski definition) is 4. The third kappa shape index (κ3) is 4.61. The molecule has 0 bridgehead atoms. The number of rotatable bonds is 4. The van der Waals surface area contributed by atoms with Crippen LogP contribution in [-0.4, -0.2) is 24.1 Å². The first-order valence-electron chi connectivity index (χ1n) is 20.4. The van der Waals surface area contributed by atoms with Crippen LogP contribution in [0.15, 0.2) is 180 Å². The molecule has 4 heterocycles. The van der Waals surface area contributed by atoms with Gasteiger partial charge in [0.1, 0.15) is 11.2 Å². The van der Waals surface area contributed by atoms with Crippen molar-refractivity contribution in [2.24, 2.45) is 0 Å². The Bertz CT molecular complexity index is 3760. The zero-order valence-corrected chi connectivity index (χ0v) is 32.9. The monoisotopic (exact) mass is 769 g/mol. The quantitative estimate of drug-likeness (QED) is 0.179. The molecule has 6 nitrogen and oxygen atoms in total. The Hall–Kier alpha value is -7.83. The summed E-state index contributed by atoms with van der Waals surface area (Å²) in [6.45, 7) is 4.67. The number of hydrogen-bond donors (Lipinski definition) is 0. The summed E-state index contributed by atoms with van der Waals surface area (Å²) in [4.78, 5) is 16.2. The van der Waals surface area contributed by atoms with Crippen LogP contribution < -0.4 is 0 Å². The van der Waals surface area contributed by atoms with Gasteiger partial charge in [-0.15, -0.1) is 0 Å². The molecular formula is C54H35N5O. The Balaban J connectivity index is 1.11. The van der Waals surface area contributed by atoms with Crippen molar-refractivity contribution >= 4 is 65.6 Å². The lowest BCUT2D eigenvalue weighted by Crippen LogP contribution is -2.14. The van der Waals surface area contributed by atoms with Crippen LogP contribution >= 0.6 is 0 Å². The van der Waals surface area contributed by atoms with Crippen LogP contribution in [0.3, 0.4) is 0 Å². The molecule has 1 aliphatic carbocycles. The van der Waals surface area contributed by atoms with Gasteiger partial charge in [-0.25, -0.2) is 0 Å². The third-order valence-electron chi connectivity index (χ3n) is 12.8. The summed E-state index contributed by atoms with van der Waals surface area (Å²) >= 11 is 0. The van der Waals surface area contributed by atoms with E-state index in [1.807, 2.05) is 18.2 Å². The van der Waals surface area contributed by atoms with E-state index in [9.17, 15) is 0 Å². The molecule has 0 amide bonds. The van der Waals surface area contributed by atoms with Gasteiger partial charge in [0, 0.05) is 43.3 Å². The van der Waals surface area contributed by atoms with E-state index in [2.05, 4.69) is 181 Å². The molecule has 60 heavy (non-hydrogen) atoms. The zero-order chi connectivity index (χ0) is 39.7. The highest BCUT2D eigenvalue weighted by Crippen LogP contribution is 2.51. The molecule has 13 rings (SSSR count). The number of benzene rings is 8. The molecule has 6 heteroatoms.